The predicted molar refractivity (Wildman–Crippen MR) is 112 cm³/mol. The first-order chi connectivity index (χ1) is 13.4. The highest BCUT2D eigenvalue weighted by Gasteiger charge is 2.27. The molecule has 28 heavy (non-hydrogen) atoms. The third kappa shape index (κ3) is 4.72. The van der Waals surface area contributed by atoms with E-state index in [1.807, 2.05) is 24.3 Å². The number of carbonyl (C=O) groups excluding carboxylic acids is 1. The van der Waals surface area contributed by atoms with E-state index in [0.717, 1.165) is 24.9 Å². The summed E-state index contributed by atoms with van der Waals surface area (Å²) in [6.07, 6.45) is 2.78. The lowest BCUT2D eigenvalue weighted by atomic mass is 10.1. The van der Waals surface area contributed by atoms with Crippen LogP contribution in [0.15, 0.2) is 53.4 Å². The molecule has 3 rings (SSSR count). The van der Waals surface area contributed by atoms with E-state index in [2.05, 4.69) is 17.6 Å². The van der Waals surface area contributed by atoms with Crippen LogP contribution in [0.1, 0.15) is 32.3 Å². The van der Waals surface area contributed by atoms with Gasteiger partial charge >= 0.3 is 0 Å². The highest BCUT2D eigenvalue weighted by Crippen LogP contribution is 2.22. The molecular formula is C21H27N3O3S. The Labute approximate surface area is 167 Å². The first-order valence-electron chi connectivity index (χ1n) is 9.66. The zero-order valence-corrected chi connectivity index (χ0v) is 17.1. The number of aryl methyl sites for hydroxylation is 1. The Morgan fingerprint density at radius 1 is 1.00 bits per heavy atom. The molecule has 1 saturated heterocycles. The predicted octanol–water partition coefficient (Wildman–Crippen LogP) is 3.47. The molecule has 7 heteroatoms. The minimum Gasteiger partial charge on any atom is -0.374 e. The largest absolute Gasteiger partial charge is 0.374 e. The normalized spacial score (nSPS) is 15.9. The van der Waals surface area contributed by atoms with E-state index >= 15 is 0 Å². The lowest BCUT2D eigenvalue weighted by Gasteiger charge is -2.17. The molecule has 0 aromatic heterocycles. The van der Waals surface area contributed by atoms with Crippen molar-refractivity contribution in [3.05, 3.63) is 54.1 Å². The number of hydrogen-bond acceptors (Lipinski definition) is 4. The maximum absolute atomic E-state index is 12.6. The van der Waals surface area contributed by atoms with Crippen molar-refractivity contribution in [3.8, 4) is 0 Å². The maximum Gasteiger partial charge on any atom is 0.246 e. The molecule has 0 saturated carbocycles. The van der Waals surface area contributed by atoms with E-state index in [1.165, 1.54) is 9.87 Å². The van der Waals surface area contributed by atoms with Crippen molar-refractivity contribution >= 4 is 27.3 Å². The molecule has 2 aromatic rings. The monoisotopic (exact) mass is 401 g/mol. The molecule has 1 atom stereocenters. The van der Waals surface area contributed by atoms with Crippen molar-refractivity contribution < 1.29 is 13.2 Å². The number of sulfonamides is 1. The maximum atomic E-state index is 12.6. The summed E-state index contributed by atoms with van der Waals surface area (Å²) < 4.78 is 26.6. The van der Waals surface area contributed by atoms with E-state index in [1.54, 1.807) is 31.2 Å². The van der Waals surface area contributed by atoms with Crippen molar-refractivity contribution in [2.75, 3.05) is 23.7 Å². The number of benzene rings is 2. The minimum atomic E-state index is -3.44. The Bertz CT molecular complexity index is 903. The number of hydrogen-bond donors (Lipinski definition) is 2. The van der Waals surface area contributed by atoms with Crippen LogP contribution in [-0.2, 0) is 21.2 Å². The molecule has 1 amide bonds. The van der Waals surface area contributed by atoms with Gasteiger partial charge in [-0.15, -0.1) is 0 Å². The molecule has 2 aromatic carbocycles. The van der Waals surface area contributed by atoms with Gasteiger partial charge in [0.1, 0.15) is 6.04 Å². The summed E-state index contributed by atoms with van der Waals surface area (Å²) in [7, 11) is -3.44. The summed E-state index contributed by atoms with van der Waals surface area (Å²) in [5.41, 5.74) is 2.69. The number of carbonyl (C=O) groups is 1. The van der Waals surface area contributed by atoms with E-state index in [0.29, 0.717) is 18.8 Å². The third-order valence-electron chi connectivity index (χ3n) is 4.96. The fraction of sp³-hybridized carbons (Fsp3) is 0.381. The number of anilines is 2. The van der Waals surface area contributed by atoms with Crippen LogP contribution in [0, 0.1) is 0 Å². The van der Waals surface area contributed by atoms with Gasteiger partial charge in [-0.25, -0.2) is 8.42 Å². The van der Waals surface area contributed by atoms with E-state index < -0.39 is 16.1 Å². The topological polar surface area (TPSA) is 78.5 Å². The Kier molecular flexibility index (Phi) is 6.36. The minimum absolute atomic E-state index is 0.185. The second kappa shape index (κ2) is 8.75. The molecular weight excluding hydrogens is 374 g/mol. The number of nitrogens with one attached hydrogen (secondary N) is 2. The summed E-state index contributed by atoms with van der Waals surface area (Å²) >= 11 is 0. The standard InChI is InChI=1S/C21H27N3O3S/c1-3-17-6-8-18(9-7-17)22-16(2)21(25)23-19-10-12-20(13-11-19)28(26,27)24-14-4-5-15-24/h6-13,16,22H,3-5,14-15H2,1-2H3,(H,23,25)/t16-/m0/s1. The van der Waals surface area contributed by atoms with Gasteiger partial charge < -0.3 is 10.6 Å². The van der Waals surface area contributed by atoms with Gasteiger partial charge in [0.05, 0.1) is 4.90 Å². The van der Waals surface area contributed by atoms with Crippen LogP contribution >= 0.6 is 0 Å². The summed E-state index contributed by atoms with van der Waals surface area (Å²) in [6, 6.07) is 13.9. The van der Waals surface area contributed by atoms with Crippen molar-refractivity contribution in [1.82, 2.24) is 4.31 Å². The van der Waals surface area contributed by atoms with Crippen molar-refractivity contribution in [2.45, 2.75) is 44.0 Å². The first-order valence-corrected chi connectivity index (χ1v) is 11.1. The summed E-state index contributed by atoms with van der Waals surface area (Å²) in [4.78, 5) is 12.7. The lowest BCUT2D eigenvalue weighted by molar-refractivity contribution is -0.116. The third-order valence-corrected chi connectivity index (χ3v) is 6.88. The van der Waals surface area contributed by atoms with Gasteiger partial charge in [0, 0.05) is 24.5 Å². The Morgan fingerprint density at radius 3 is 2.14 bits per heavy atom. The smallest absolute Gasteiger partial charge is 0.246 e. The van der Waals surface area contributed by atoms with E-state index in [4.69, 9.17) is 0 Å². The highest BCUT2D eigenvalue weighted by molar-refractivity contribution is 7.89. The van der Waals surface area contributed by atoms with Crippen molar-refractivity contribution in [1.29, 1.82) is 0 Å². The molecule has 1 aliphatic rings. The average Bonchev–Trinajstić information content (AvgIpc) is 3.25. The molecule has 0 spiro atoms. The first kappa shape index (κ1) is 20.4. The fourth-order valence-corrected chi connectivity index (χ4v) is 4.71. The van der Waals surface area contributed by atoms with Gasteiger partial charge in [-0.05, 0) is 68.1 Å². The van der Waals surface area contributed by atoms with Gasteiger partial charge in [-0.3, -0.25) is 4.79 Å². The SMILES string of the molecule is CCc1ccc(N[C@@H](C)C(=O)Nc2ccc(S(=O)(=O)N3CCCC3)cc2)cc1. The zero-order chi connectivity index (χ0) is 20.1. The van der Waals surface area contributed by atoms with E-state index in [-0.39, 0.29) is 10.8 Å². The van der Waals surface area contributed by atoms with Crippen LogP contribution in [0.3, 0.4) is 0 Å². The van der Waals surface area contributed by atoms with Gasteiger partial charge in [0.25, 0.3) is 0 Å². The molecule has 6 nitrogen and oxygen atoms in total. The summed E-state index contributed by atoms with van der Waals surface area (Å²) in [5.74, 6) is -0.185. The van der Waals surface area contributed by atoms with Crippen LogP contribution in [0.5, 0.6) is 0 Å². The molecule has 0 aliphatic carbocycles. The van der Waals surface area contributed by atoms with Crippen LogP contribution in [-0.4, -0.2) is 37.8 Å². The van der Waals surface area contributed by atoms with Gasteiger partial charge in [0.15, 0.2) is 0 Å². The van der Waals surface area contributed by atoms with Crippen LogP contribution in [0.4, 0.5) is 11.4 Å². The second-order valence-corrected chi connectivity index (χ2v) is 8.98. The highest BCUT2D eigenvalue weighted by atomic mass is 32.2. The van der Waals surface area contributed by atoms with Gasteiger partial charge in [-0.2, -0.15) is 4.31 Å². The van der Waals surface area contributed by atoms with Gasteiger partial charge in [-0.1, -0.05) is 19.1 Å². The zero-order valence-electron chi connectivity index (χ0n) is 16.3. The van der Waals surface area contributed by atoms with Crippen LogP contribution in [0.2, 0.25) is 0 Å². The Hall–Kier alpha value is -2.38. The number of rotatable bonds is 7. The molecule has 2 N–H and O–H groups in total. The molecule has 0 radical (unpaired) electrons. The molecule has 1 aliphatic heterocycles. The molecule has 1 fully saturated rings. The number of nitrogens with zero attached hydrogens (tertiary/aromatic N) is 1. The van der Waals surface area contributed by atoms with Crippen molar-refractivity contribution in [2.24, 2.45) is 0 Å². The van der Waals surface area contributed by atoms with Crippen molar-refractivity contribution in [3.63, 3.8) is 0 Å². The molecule has 1 heterocycles. The Balaban J connectivity index is 1.60. The van der Waals surface area contributed by atoms with Crippen LogP contribution in [0.25, 0.3) is 0 Å². The fourth-order valence-electron chi connectivity index (χ4n) is 3.19. The molecule has 0 bridgehead atoms. The lowest BCUT2D eigenvalue weighted by Crippen LogP contribution is -2.32. The Morgan fingerprint density at radius 2 is 1.57 bits per heavy atom. The van der Waals surface area contributed by atoms with E-state index in [9.17, 15) is 13.2 Å². The second-order valence-electron chi connectivity index (χ2n) is 7.04. The van der Waals surface area contributed by atoms with Gasteiger partial charge in [0.2, 0.25) is 15.9 Å². The van der Waals surface area contributed by atoms with Crippen LogP contribution < -0.4 is 10.6 Å². The average molecular weight is 402 g/mol. The molecule has 150 valence electrons. The summed E-state index contributed by atoms with van der Waals surface area (Å²) in [6.45, 7) is 5.03. The quantitative estimate of drug-likeness (QED) is 0.745. The number of amides is 1. The molecule has 0 unspecified atom stereocenters. The summed E-state index contributed by atoms with van der Waals surface area (Å²) in [5, 5.41) is 5.99.